The minimum Gasteiger partial charge on any atom is -0.456 e. The van der Waals surface area contributed by atoms with Crippen LogP contribution in [-0.2, 0) is 0 Å². The number of aromatic nitrogens is 3. The summed E-state index contributed by atoms with van der Waals surface area (Å²) in [4.78, 5) is 15.4. The van der Waals surface area contributed by atoms with Crippen LogP contribution in [0.25, 0.3) is 111 Å². The first kappa shape index (κ1) is 28.7. The summed E-state index contributed by atoms with van der Waals surface area (Å²) in [6.45, 7) is 0. The molecule has 0 unspecified atom stereocenters. The molecule has 5 heteroatoms. The molecule has 0 spiro atoms. The average Bonchev–Trinajstić information content (AvgIpc) is 3.78. The zero-order valence-electron chi connectivity index (χ0n) is 27.7. The molecule has 0 atom stereocenters. The van der Waals surface area contributed by atoms with E-state index in [0.29, 0.717) is 17.5 Å². The van der Waals surface area contributed by atoms with Crippen molar-refractivity contribution >= 4 is 65.4 Å². The van der Waals surface area contributed by atoms with E-state index in [2.05, 4.69) is 127 Å². The van der Waals surface area contributed by atoms with Gasteiger partial charge in [0.15, 0.2) is 17.5 Å². The first-order valence-corrected chi connectivity index (χ1v) is 17.3. The second-order valence-corrected chi connectivity index (χ2v) is 13.2. The van der Waals surface area contributed by atoms with Gasteiger partial charge in [0, 0.05) is 43.8 Å². The van der Waals surface area contributed by atoms with Gasteiger partial charge >= 0.3 is 0 Å². The first-order chi connectivity index (χ1) is 25.7. The van der Waals surface area contributed by atoms with Crippen molar-refractivity contribution in [2.24, 2.45) is 0 Å². The molecular weight excluding hydrogens is 639 g/mol. The average molecular weight is 666 g/mol. The Kier molecular flexibility index (Phi) is 6.18. The van der Waals surface area contributed by atoms with Gasteiger partial charge in [0.25, 0.3) is 0 Å². The van der Waals surface area contributed by atoms with Gasteiger partial charge in [-0.15, -0.1) is 0 Å². The standard InChI is InChI=1S/C47H27N3O2/c1-2-12-30-26-31(23-22-28(30)10-1)45-48-46(32-24-25-36-35-15-5-6-20-40(35)51-42(36)27-32)50-47(49-45)39-19-9-21-41-43(39)38-18-8-17-37(44(38)52-41)34-16-7-13-29-11-3-4-14-33(29)34/h1-27H. The van der Waals surface area contributed by atoms with Crippen molar-refractivity contribution in [1.82, 2.24) is 15.0 Å². The van der Waals surface area contributed by atoms with E-state index in [4.69, 9.17) is 23.8 Å². The van der Waals surface area contributed by atoms with Gasteiger partial charge in [-0.1, -0.05) is 133 Å². The highest BCUT2D eigenvalue weighted by molar-refractivity contribution is 6.16. The van der Waals surface area contributed by atoms with Gasteiger partial charge in [-0.3, -0.25) is 0 Å². The highest BCUT2D eigenvalue weighted by Crippen LogP contribution is 2.42. The van der Waals surface area contributed by atoms with Crippen LogP contribution in [0.15, 0.2) is 173 Å². The van der Waals surface area contributed by atoms with E-state index < -0.39 is 0 Å². The van der Waals surface area contributed by atoms with Crippen molar-refractivity contribution < 1.29 is 8.83 Å². The minimum atomic E-state index is 0.566. The molecule has 242 valence electrons. The molecule has 0 aliphatic rings. The Balaban J connectivity index is 1.15. The predicted molar refractivity (Wildman–Crippen MR) is 211 cm³/mol. The molecule has 0 amide bonds. The third-order valence-electron chi connectivity index (χ3n) is 10.1. The van der Waals surface area contributed by atoms with Crippen molar-refractivity contribution in [2.45, 2.75) is 0 Å². The Labute approximate surface area is 297 Å². The number of benzene rings is 8. The lowest BCUT2D eigenvalue weighted by atomic mass is 9.96. The SMILES string of the molecule is c1ccc2cc(-c3nc(-c4ccc5c(c4)oc4ccccc45)nc(-c4cccc5oc6c(-c7cccc8ccccc78)cccc6c45)n3)ccc2c1. The fourth-order valence-corrected chi connectivity index (χ4v) is 7.65. The Morgan fingerprint density at radius 1 is 0.327 bits per heavy atom. The number of fused-ring (bicyclic) bond motifs is 8. The second kappa shape index (κ2) is 11.2. The molecule has 3 heterocycles. The zero-order chi connectivity index (χ0) is 34.2. The van der Waals surface area contributed by atoms with Crippen LogP contribution in [0.5, 0.6) is 0 Å². The number of furan rings is 2. The molecular formula is C47H27N3O2. The summed E-state index contributed by atoms with van der Waals surface area (Å²) in [6.07, 6.45) is 0. The molecule has 0 radical (unpaired) electrons. The summed E-state index contributed by atoms with van der Waals surface area (Å²) in [5.41, 5.74) is 8.06. The third-order valence-corrected chi connectivity index (χ3v) is 10.1. The number of hydrogen-bond donors (Lipinski definition) is 0. The van der Waals surface area contributed by atoms with Gasteiger partial charge in [-0.05, 0) is 57.4 Å². The molecule has 0 saturated carbocycles. The maximum Gasteiger partial charge on any atom is 0.164 e. The van der Waals surface area contributed by atoms with Crippen molar-refractivity contribution in [2.75, 3.05) is 0 Å². The lowest BCUT2D eigenvalue weighted by molar-refractivity contribution is 0.669. The lowest BCUT2D eigenvalue weighted by Crippen LogP contribution is -2.00. The maximum atomic E-state index is 6.72. The number of para-hydroxylation sites is 2. The Morgan fingerprint density at radius 2 is 0.923 bits per heavy atom. The fourth-order valence-electron chi connectivity index (χ4n) is 7.65. The maximum absolute atomic E-state index is 6.72. The third kappa shape index (κ3) is 4.46. The van der Waals surface area contributed by atoms with Crippen LogP contribution in [0.1, 0.15) is 0 Å². The molecule has 5 nitrogen and oxygen atoms in total. The topological polar surface area (TPSA) is 65.0 Å². The van der Waals surface area contributed by atoms with Crippen LogP contribution in [0.4, 0.5) is 0 Å². The van der Waals surface area contributed by atoms with Crippen molar-refractivity contribution in [1.29, 1.82) is 0 Å². The molecule has 8 aromatic carbocycles. The van der Waals surface area contributed by atoms with Gasteiger partial charge in [-0.2, -0.15) is 0 Å². The zero-order valence-corrected chi connectivity index (χ0v) is 27.7. The summed E-state index contributed by atoms with van der Waals surface area (Å²) in [6, 6.07) is 56.3. The van der Waals surface area contributed by atoms with Crippen LogP contribution in [0.2, 0.25) is 0 Å². The molecule has 0 aliphatic heterocycles. The highest BCUT2D eigenvalue weighted by atomic mass is 16.3. The van der Waals surface area contributed by atoms with E-state index in [0.717, 1.165) is 82.5 Å². The molecule has 52 heavy (non-hydrogen) atoms. The highest BCUT2D eigenvalue weighted by Gasteiger charge is 2.20. The number of nitrogens with zero attached hydrogens (tertiary/aromatic N) is 3. The van der Waals surface area contributed by atoms with Crippen molar-refractivity contribution in [3.05, 3.63) is 164 Å². The van der Waals surface area contributed by atoms with Crippen LogP contribution >= 0.6 is 0 Å². The summed E-state index contributed by atoms with van der Waals surface area (Å²) in [5.74, 6) is 1.73. The minimum absolute atomic E-state index is 0.566. The summed E-state index contributed by atoms with van der Waals surface area (Å²) >= 11 is 0. The van der Waals surface area contributed by atoms with E-state index in [-0.39, 0.29) is 0 Å². The van der Waals surface area contributed by atoms with Crippen LogP contribution < -0.4 is 0 Å². The van der Waals surface area contributed by atoms with Crippen molar-refractivity contribution in [3.63, 3.8) is 0 Å². The van der Waals surface area contributed by atoms with Crippen LogP contribution in [0, 0.1) is 0 Å². The lowest BCUT2D eigenvalue weighted by Gasteiger charge is -2.10. The van der Waals surface area contributed by atoms with E-state index in [1.807, 2.05) is 36.4 Å². The molecule has 0 saturated heterocycles. The Morgan fingerprint density at radius 3 is 1.83 bits per heavy atom. The van der Waals surface area contributed by atoms with Crippen molar-refractivity contribution in [3.8, 4) is 45.3 Å². The molecule has 0 N–H and O–H groups in total. The molecule has 11 rings (SSSR count). The van der Waals surface area contributed by atoms with Gasteiger partial charge in [0.05, 0.1) is 0 Å². The van der Waals surface area contributed by atoms with E-state index in [1.54, 1.807) is 0 Å². The van der Waals surface area contributed by atoms with Crippen LogP contribution in [0.3, 0.4) is 0 Å². The van der Waals surface area contributed by atoms with Gasteiger partial charge < -0.3 is 8.83 Å². The van der Waals surface area contributed by atoms with Gasteiger partial charge in [0.1, 0.15) is 22.3 Å². The number of hydrogen-bond acceptors (Lipinski definition) is 5. The molecule has 0 fully saturated rings. The molecule has 0 aliphatic carbocycles. The van der Waals surface area contributed by atoms with Crippen LogP contribution in [-0.4, -0.2) is 15.0 Å². The first-order valence-electron chi connectivity index (χ1n) is 17.3. The van der Waals surface area contributed by atoms with E-state index >= 15 is 0 Å². The molecule has 3 aromatic heterocycles. The molecule has 0 bridgehead atoms. The summed E-state index contributed by atoms with van der Waals surface area (Å²) in [5, 5.41) is 8.76. The summed E-state index contributed by atoms with van der Waals surface area (Å²) in [7, 11) is 0. The quantitative estimate of drug-likeness (QED) is 0.187. The Hall–Kier alpha value is -7.11. The largest absolute Gasteiger partial charge is 0.456 e. The fraction of sp³-hybridized carbons (Fsp3) is 0. The Bertz CT molecular complexity index is 3200. The van der Waals surface area contributed by atoms with E-state index in [9.17, 15) is 0 Å². The summed E-state index contributed by atoms with van der Waals surface area (Å²) < 4.78 is 13.0. The normalized spacial score (nSPS) is 11.8. The predicted octanol–water partition coefficient (Wildman–Crippen LogP) is 12.6. The second-order valence-electron chi connectivity index (χ2n) is 13.2. The smallest absolute Gasteiger partial charge is 0.164 e. The van der Waals surface area contributed by atoms with Gasteiger partial charge in [-0.25, -0.2) is 15.0 Å². The number of rotatable bonds is 4. The van der Waals surface area contributed by atoms with E-state index in [1.165, 1.54) is 10.8 Å². The monoisotopic (exact) mass is 665 g/mol. The van der Waals surface area contributed by atoms with Gasteiger partial charge in [0.2, 0.25) is 0 Å². The molecule has 11 aromatic rings.